The predicted octanol–water partition coefficient (Wildman–Crippen LogP) is 1.38. The normalized spacial score (nSPS) is 9.11. The Bertz CT molecular complexity index is 202. The number of thiol groups is 1. The first-order valence-electron chi connectivity index (χ1n) is 2.52. The Labute approximate surface area is 59.3 Å². The van der Waals surface area contributed by atoms with Gasteiger partial charge in [0.2, 0.25) is 0 Å². The van der Waals surface area contributed by atoms with Gasteiger partial charge in [0.15, 0.2) is 5.75 Å². The molecule has 3 heteroatoms. The molecule has 1 heterocycles. The van der Waals surface area contributed by atoms with E-state index in [9.17, 15) is 0 Å². The maximum absolute atomic E-state index is 4.91. The van der Waals surface area contributed by atoms with E-state index < -0.39 is 0 Å². The van der Waals surface area contributed by atoms with E-state index >= 15 is 0 Å². The monoisotopic (exact) mass is 141 g/mol. The van der Waals surface area contributed by atoms with Gasteiger partial charge in [0.1, 0.15) is 5.03 Å². The molecule has 0 fully saturated rings. The number of hydrogen-bond acceptors (Lipinski definition) is 3. The second-order valence-electron chi connectivity index (χ2n) is 1.53. The molecular weight excluding hydrogens is 134 g/mol. The molecule has 2 nitrogen and oxygen atoms in total. The van der Waals surface area contributed by atoms with Gasteiger partial charge in [-0.3, -0.25) is 0 Å². The van der Waals surface area contributed by atoms with Crippen molar-refractivity contribution in [3.63, 3.8) is 0 Å². The van der Waals surface area contributed by atoms with Gasteiger partial charge in [-0.15, -0.1) is 12.6 Å². The zero-order chi connectivity index (χ0) is 6.69. The summed E-state index contributed by atoms with van der Waals surface area (Å²) in [6, 6.07) is 3.62. The number of hydrogen-bond donors (Lipinski definition) is 1. The van der Waals surface area contributed by atoms with Crippen LogP contribution in [0.2, 0.25) is 0 Å². The van der Waals surface area contributed by atoms with Crippen LogP contribution in [0.3, 0.4) is 0 Å². The minimum absolute atomic E-state index is 0.625. The Morgan fingerprint density at radius 3 is 2.89 bits per heavy atom. The molecule has 1 rings (SSSR count). The Morgan fingerprint density at radius 2 is 2.44 bits per heavy atom. The molecule has 0 aliphatic carbocycles. The van der Waals surface area contributed by atoms with E-state index in [4.69, 9.17) is 4.74 Å². The van der Waals surface area contributed by atoms with Gasteiger partial charge in [0.25, 0.3) is 0 Å². The van der Waals surface area contributed by atoms with E-state index in [2.05, 4.69) is 17.6 Å². The van der Waals surface area contributed by atoms with Gasteiger partial charge in [-0.2, -0.15) is 0 Å². The maximum Gasteiger partial charge on any atom is 0.150 e. The molecule has 0 saturated heterocycles. The predicted molar refractivity (Wildman–Crippen MR) is 38.0 cm³/mol. The fourth-order valence-corrected chi connectivity index (χ4v) is 0.774. The van der Waals surface area contributed by atoms with Crippen LogP contribution in [0, 0.1) is 0 Å². The second-order valence-corrected chi connectivity index (χ2v) is 1.95. The molecule has 0 saturated carbocycles. The summed E-state index contributed by atoms with van der Waals surface area (Å²) in [6.45, 7) is 0. The van der Waals surface area contributed by atoms with Crippen molar-refractivity contribution in [2.45, 2.75) is 5.03 Å². The smallest absolute Gasteiger partial charge is 0.150 e. The fraction of sp³-hybridized carbons (Fsp3) is 0.167. The van der Waals surface area contributed by atoms with Crippen molar-refractivity contribution >= 4 is 12.6 Å². The highest BCUT2D eigenvalue weighted by Gasteiger charge is 1.93. The van der Waals surface area contributed by atoms with Crippen molar-refractivity contribution in [3.05, 3.63) is 18.3 Å². The van der Waals surface area contributed by atoms with Gasteiger partial charge < -0.3 is 4.74 Å². The van der Waals surface area contributed by atoms with E-state index in [0.717, 1.165) is 0 Å². The number of nitrogens with zero attached hydrogens (tertiary/aromatic N) is 1. The van der Waals surface area contributed by atoms with Gasteiger partial charge in [0, 0.05) is 6.20 Å². The van der Waals surface area contributed by atoms with E-state index in [-0.39, 0.29) is 0 Å². The zero-order valence-corrected chi connectivity index (χ0v) is 5.93. The summed E-state index contributed by atoms with van der Waals surface area (Å²) >= 11 is 4.04. The van der Waals surface area contributed by atoms with Gasteiger partial charge in [-0.1, -0.05) is 0 Å². The zero-order valence-electron chi connectivity index (χ0n) is 5.03. The highest BCUT2D eigenvalue weighted by molar-refractivity contribution is 7.80. The van der Waals surface area contributed by atoms with Crippen LogP contribution in [0.15, 0.2) is 23.4 Å². The van der Waals surface area contributed by atoms with Crippen molar-refractivity contribution in [2.75, 3.05) is 7.11 Å². The Morgan fingerprint density at radius 1 is 1.67 bits per heavy atom. The van der Waals surface area contributed by atoms with Crippen molar-refractivity contribution in [1.82, 2.24) is 4.98 Å². The topological polar surface area (TPSA) is 22.1 Å². The lowest BCUT2D eigenvalue weighted by molar-refractivity contribution is 0.401. The van der Waals surface area contributed by atoms with Crippen LogP contribution in [-0.2, 0) is 0 Å². The van der Waals surface area contributed by atoms with Crippen molar-refractivity contribution in [2.24, 2.45) is 0 Å². The summed E-state index contributed by atoms with van der Waals surface area (Å²) in [5, 5.41) is 0.625. The molecule has 0 atom stereocenters. The molecule has 0 bridgehead atoms. The molecule has 0 aliphatic heterocycles. The maximum atomic E-state index is 4.91. The standard InChI is InChI=1S/C6H7NOS/c1-8-5-3-2-4-7-6(5)9/h2-4H,1H3,(H,7,9). The van der Waals surface area contributed by atoms with Crippen LogP contribution in [0.25, 0.3) is 0 Å². The summed E-state index contributed by atoms with van der Waals surface area (Å²) < 4.78 is 4.91. The lowest BCUT2D eigenvalue weighted by Crippen LogP contribution is -1.85. The molecule has 0 unspecified atom stereocenters. The largest absolute Gasteiger partial charge is 0.494 e. The van der Waals surface area contributed by atoms with Gasteiger partial charge >= 0.3 is 0 Å². The highest BCUT2D eigenvalue weighted by atomic mass is 32.1. The average molecular weight is 141 g/mol. The molecular formula is C6H7NOS. The Hall–Kier alpha value is -0.700. The summed E-state index contributed by atoms with van der Waals surface area (Å²) in [6.07, 6.45) is 1.67. The fourth-order valence-electron chi connectivity index (χ4n) is 0.542. The lowest BCUT2D eigenvalue weighted by atomic mass is 10.5. The molecule has 0 N–H and O–H groups in total. The molecule has 0 amide bonds. The lowest BCUT2D eigenvalue weighted by Gasteiger charge is -1.98. The van der Waals surface area contributed by atoms with Crippen LogP contribution in [-0.4, -0.2) is 12.1 Å². The van der Waals surface area contributed by atoms with Gasteiger partial charge in [-0.25, -0.2) is 4.98 Å². The highest BCUT2D eigenvalue weighted by Crippen LogP contribution is 2.16. The quantitative estimate of drug-likeness (QED) is 0.597. The van der Waals surface area contributed by atoms with Crippen LogP contribution < -0.4 is 4.74 Å². The number of aromatic nitrogens is 1. The van der Waals surface area contributed by atoms with E-state index in [0.29, 0.717) is 10.8 Å². The van der Waals surface area contributed by atoms with Crippen molar-refractivity contribution < 1.29 is 4.74 Å². The first kappa shape index (κ1) is 6.42. The number of rotatable bonds is 1. The molecule has 9 heavy (non-hydrogen) atoms. The Kier molecular flexibility index (Phi) is 1.95. The van der Waals surface area contributed by atoms with E-state index in [1.807, 2.05) is 6.07 Å². The van der Waals surface area contributed by atoms with Gasteiger partial charge in [-0.05, 0) is 12.1 Å². The summed E-state index contributed by atoms with van der Waals surface area (Å²) in [5.74, 6) is 0.709. The third-order valence-electron chi connectivity index (χ3n) is 0.971. The Balaban J connectivity index is 3.01. The third-order valence-corrected chi connectivity index (χ3v) is 1.31. The van der Waals surface area contributed by atoms with Gasteiger partial charge in [0.05, 0.1) is 7.11 Å². The number of pyridine rings is 1. The molecule has 1 aromatic heterocycles. The van der Waals surface area contributed by atoms with Crippen molar-refractivity contribution in [3.8, 4) is 5.75 Å². The average Bonchev–Trinajstić information content (AvgIpc) is 1.89. The SMILES string of the molecule is COc1cccnc1S. The summed E-state index contributed by atoms with van der Waals surface area (Å²) in [4.78, 5) is 3.89. The third kappa shape index (κ3) is 1.36. The summed E-state index contributed by atoms with van der Waals surface area (Å²) in [7, 11) is 1.59. The first-order valence-corrected chi connectivity index (χ1v) is 2.97. The van der Waals surface area contributed by atoms with E-state index in [1.165, 1.54) is 0 Å². The second kappa shape index (κ2) is 2.73. The number of methoxy groups -OCH3 is 1. The molecule has 0 spiro atoms. The van der Waals surface area contributed by atoms with E-state index in [1.54, 1.807) is 19.4 Å². The molecule has 48 valence electrons. The van der Waals surface area contributed by atoms with Crippen LogP contribution in [0.5, 0.6) is 5.75 Å². The van der Waals surface area contributed by atoms with Crippen molar-refractivity contribution in [1.29, 1.82) is 0 Å². The number of ether oxygens (including phenoxy) is 1. The molecule has 0 radical (unpaired) electrons. The molecule has 0 aromatic carbocycles. The first-order chi connectivity index (χ1) is 4.34. The van der Waals surface area contributed by atoms with Crippen LogP contribution in [0.4, 0.5) is 0 Å². The van der Waals surface area contributed by atoms with Crippen LogP contribution >= 0.6 is 12.6 Å². The minimum Gasteiger partial charge on any atom is -0.494 e. The van der Waals surface area contributed by atoms with Crippen LogP contribution in [0.1, 0.15) is 0 Å². The summed E-state index contributed by atoms with van der Waals surface area (Å²) in [5.41, 5.74) is 0. The minimum atomic E-state index is 0.625. The molecule has 0 aliphatic rings. The molecule has 1 aromatic rings.